The van der Waals surface area contributed by atoms with Gasteiger partial charge in [0, 0.05) is 0 Å². The Bertz CT molecular complexity index is 198. The molecule has 1 rings (SSSR count). The SMILES string of the molecule is Cc1cc[c]([Al]([CH3])[CH3])cc1. The van der Waals surface area contributed by atoms with E-state index in [1.165, 1.54) is 5.56 Å². The van der Waals surface area contributed by atoms with Gasteiger partial charge in [0.15, 0.2) is 0 Å². The molecule has 0 radical (unpaired) electrons. The second-order valence-electron chi connectivity index (χ2n) is 3.07. The summed E-state index contributed by atoms with van der Waals surface area (Å²) in [6.45, 7) is 2.13. The maximum Gasteiger partial charge on any atom is 0.299 e. The van der Waals surface area contributed by atoms with E-state index in [0.717, 1.165) is 0 Å². The lowest BCUT2D eigenvalue weighted by atomic mass is 10.2. The third-order valence-corrected chi connectivity index (χ3v) is 3.46. The predicted molar refractivity (Wildman–Crippen MR) is 48.3 cm³/mol. The highest BCUT2D eigenvalue weighted by Gasteiger charge is 2.03. The normalized spacial score (nSPS) is 9.50. The van der Waals surface area contributed by atoms with Crippen LogP contribution in [0.4, 0.5) is 0 Å². The van der Waals surface area contributed by atoms with Crippen LogP contribution in [0.5, 0.6) is 0 Å². The average Bonchev–Trinajstić information content (AvgIpc) is 1.88. The quantitative estimate of drug-likeness (QED) is 0.534. The van der Waals surface area contributed by atoms with Crippen molar-refractivity contribution in [2.45, 2.75) is 18.5 Å². The van der Waals surface area contributed by atoms with Gasteiger partial charge in [-0.2, -0.15) is 0 Å². The molecule has 1 heteroatoms. The molecule has 52 valence electrons. The molecule has 1 aromatic carbocycles. The zero-order valence-electron chi connectivity index (χ0n) is 6.89. The van der Waals surface area contributed by atoms with Gasteiger partial charge in [-0.05, 0) is 6.92 Å². The Kier molecular flexibility index (Phi) is 2.54. The van der Waals surface area contributed by atoms with Crippen LogP contribution in [-0.4, -0.2) is 14.1 Å². The molecule has 0 atom stereocenters. The summed E-state index contributed by atoms with van der Waals surface area (Å²) in [5.41, 5.74) is 1.36. The number of benzene rings is 1. The smallest absolute Gasteiger partial charge is 0.111 e. The molecule has 10 heavy (non-hydrogen) atoms. The molecule has 0 amide bonds. The van der Waals surface area contributed by atoms with Crippen molar-refractivity contribution < 1.29 is 0 Å². The second kappa shape index (κ2) is 3.23. The van der Waals surface area contributed by atoms with Crippen molar-refractivity contribution in [3.05, 3.63) is 29.8 Å². The lowest BCUT2D eigenvalue weighted by Crippen LogP contribution is -2.21. The van der Waals surface area contributed by atoms with Crippen LogP contribution >= 0.6 is 0 Å². The van der Waals surface area contributed by atoms with E-state index in [1.807, 2.05) is 0 Å². The molecule has 1 aromatic rings. The van der Waals surface area contributed by atoms with E-state index in [0.29, 0.717) is 0 Å². The summed E-state index contributed by atoms with van der Waals surface area (Å²) in [6.07, 6.45) is 0. The largest absolute Gasteiger partial charge is 0.299 e. The van der Waals surface area contributed by atoms with Crippen LogP contribution in [0.1, 0.15) is 5.56 Å². The van der Waals surface area contributed by atoms with Crippen molar-refractivity contribution >= 4 is 18.6 Å². The van der Waals surface area contributed by atoms with Gasteiger partial charge in [0.25, 0.3) is 14.1 Å². The van der Waals surface area contributed by atoms with Gasteiger partial charge in [0.2, 0.25) is 0 Å². The third kappa shape index (κ3) is 1.87. The standard InChI is InChI=1S/C7H7.2CH3.Al/c1-7-5-3-2-4-6-7;;;/h3-6H,1H3;2*1H3;. The Hall–Kier alpha value is -0.248. The molecule has 0 nitrogen and oxygen atoms in total. The first-order valence-electron chi connectivity index (χ1n) is 3.76. The van der Waals surface area contributed by atoms with E-state index in [9.17, 15) is 0 Å². The first-order valence-corrected chi connectivity index (χ1v) is 6.65. The molecule has 0 N–H and O–H groups in total. The van der Waals surface area contributed by atoms with E-state index in [2.05, 4.69) is 42.8 Å². The molecule has 0 fully saturated rings. The van der Waals surface area contributed by atoms with Crippen LogP contribution in [0.15, 0.2) is 24.3 Å². The molecule has 0 aromatic heterocycles. The van der Waals surface area contributed by atoms with Crippen molar-refractivity contribution in [3.63, 3.8) is 0 Å². The Labute approximate surface area is 67.3 Å². The maximum atomic E-state index is 2.35. The minimum Gasteiger partial charge on any atom is -0.111 e. The molecule has 0 saturated heterocycles. The van der Waals surface area contributed by atoms with Crippen molar-refractivity contribution in [2.24, 2.45) is 0 Å². The molecule has 0 aliphatic rings. The van der Waals surface area contributed by atoms with Crippen molar-refractivity contribution in [1.29, 1.82) is 0 Å². The van der Waals surface area contributed by atoms with E-state index in [4.69, 9.17) is 0 Å². The molecule has 0 heterocycles. The Morgan fingerprint density at radius 2 is 1.50 bits per heavy atom. The monoisotopic (exact) mass is 148 g/mol. The fourth-order valence-electron chi connectivity index (χ4n) is 0.951. The lowest BCUT2D eigenvalue weighted by molar-refractivity contribution is 1.49. The zero-order valence-corrected chi connectivity index (χ0v) is 8.04. The van der Waals surface area contributed by atoms with Crippen LogP contribution in [-0.2, 0) is 0 Å². The summed E-state index contributed by atoms with van der Waals surface area (Å²) in [6, 6.07) is 8.91. The Morgan fingerprint density at radius 1 is 1.00 bits per heavy atom. The number of hydrogen-bond donors (Lipinski definition) is 0. The highest BCUT2D eigenvalue weighted by atomic mass is 27.2. The highest BCUT2D eigenvalue weighted by Crippen LogP contribution is 1.94. The van der Waals surface area contributed by atoms with Gasteiger partial charge in [-0.15, -0.1) is 16.0 Å². The van der Waals surface area contributed by atoms with Gasteiger partial charge in [0.1, 0.15) is 0 Å². The zero-order chi connectivity index (χ0) is 7.56. The van der Waals surface area contributed by atoms with Crippen molar-refractivity contribution in [2.75, 3.05) is 0 Å². The molecule has 0 bridgehead atoms. The Morgan fingerprint density at radius 3 is 1.90 bits per heavy atom. The summed E-state index contributed by atoms with van der Waals surface area (Å²) in [5.74, 6) is 4.70. The fraction of sp³-hybridized carbons (Fsp3) is 0.333. The van der Waals surface area contributed by atoms with E-state index in [1.54, 1.807) is 4.43 Å². The van der Waals surface area contributed by atoms with Crippen LogP contribution in [0.3, 0.4) is 0 Å². The predicted octanol–water partition coefficient (Wildman–Crippen LogP) is 1.96. The maximum absolute atomic E-state index is 2.35. The van der Waals surface area contributed by atoms with Gasteiger partial charge in [-0.3, -0.25) is 0 Å². The lowest BCUT2D eigenvalue weighted by Gasteiger charge is -1.99. The summed E-state index contributed by atoms with van der Waals surface area (Å²) in [5, 5.41) is 0. The summed E-state index contributed by atoms with van der Waals surface area (Å²) in [7, 11) is 0. The molecule has 0 aliphatic heterocycles. The van der Waals surface area contributed by atoms with E-state index in [-0.39, 0.29) is 0 Å². The minimum absolute atomic E-state index is 0.549. The Balaban J connectivity index is 2.89. The van der Waals surface area contributed by atoms with Gasteiger partial charge >= 0.3 is 0 Å². The average molecular weight is 148 g/mol. The number of aryl methyl sites for hydroxylation is 1. The van der Waals surface area contributed by atoms with Gasteiger partial charge in [0.05, 0.1) is 0 Å². The van der Waals surface area contributed by atoms with E-state index >= 15 is 0 Å². The summed E-state index contributed by atoms with van der Waals surface area (Å²) >= 11 is -0.549. The van der Waals surface area contributed by atoms with E-state index < -0.39 is 14.1 Å². The first-order chi connectivity index (χ1) is 4.70. The molecular weight excluding hydrogens is 135 g/mol. The number of rotatable bonds is 1. The van der Waals surface area contributed by atoms with Gasteiger partial charge < -0.3 is 0 Å². The minimum atomic E-state index is -0.549. The highest BCUT2D eigenvalue weighted by molar-refractivity contribution is 6.70. The fourth-order valence-corrected chi connectivity index (χ4v) is 1.91. The topological polar surface area (TPSA) is 0 Å². The first kappa shape index (κ1) is 7.86. The summed E-state index contributed by atoms with van der Waals surface area (Å²) < 4.78 is 1.56. The van der Waals surface area contributed by atoms with Crippen LogP contribution in [0.2, 0.25) is 11.6 Å². The number of hydrogen-bond acceptors (Lipinski definition) is 0. The van der Waals surface area contributed by atoms with Crippen molar-refractivity contribution in [3.8, 4) is 0 Å². The summed E-state index contributed by atoms with van der Waals surface area (Å²) in [4.78, 5) is 0. The third-order valence-electron chi connectivity index (χ3n) is 1.74. The molecular formula is C9H13Al. The molecule has 0 aliphatic carbocycles. The molecule has 0 unspecified atom stereocenters. The second-order valence-corrected chi connectivity index (χ2v) is 6.04. The van der Waals surface area contributed by atoms with Crippen LogP contribution in [0, 0.1) is 6.92 Å². The van der Waals surface area contributed by atoms with Crippen LogP contribution in [0.25, 0.3) is 0 Å². The molecule has 0 saturated carbocycles. The van der Waals surface area contributed by atoms with Crippen molar-refractivity contribution in [1.82, 2.24) is 0 Å². The van der Waals surface area contributed by atoms with Gasteiger partial charge in [-0.1, -0.05) is 29.8 Å². The molecule has 0 spiro atoms. The van der Waals surface area contributed by atoms with Gasteiger partial charge in [-0.25, -0.2) is 0 Å². The van der Waals surface area contributed by atoms with Crippen LogP contribution < -0.4 is 4.43 Å².